The van der Waals surface area contributed by atoms with E-state index in [0.29, 0.717) is 24.3 Å². The lowest BCUT2D eigenvalue weighted by molar-refractivity contribution is 0.128. The molecule has 1 fully saturated rings. The molecule has 0 radical (unpaired) electrons. The summed E-state index contributed by atoms with van der Waals surface area (Å²) in [6.45, 7) is 2.60. The molecule has 1 aliphatic rings. The molecule has 0 spiro atoms. The Hall–Kier alpha value is -1.26. The standard InChI is InChI=1S/C12H16O4/c1-12(7-16-12)6-11(14)9-5-8(15-2)3-4-10(9)13/h3-5,11,13-14H,6-7H2,1-2H3. The summed E-state index contributed by atoms with van der Waals surface area (Å²) >= 11 is 0. The number of phenolic OH excluding ortho intramolecular Hbond substituents is 1. The van der Waals surface area contributed by atoms with Gasteiger partial charge in [0.15, 0.2) is 0 Å². The minimum Gasteiger partial charge on any atom is -0.508 e. The first-order valence-electron chi connectivity index (χ1n) is 5.23. The van der Waals surface area contributed by atoms with Crippen LogP contribution in [-0.2, 0) is 4.74 Å². The van der Waals surface area contributed by atoms with E-state index >= 15 is 0 Å². The van der Waals surface area contributed by atoms with Crippen LogP contribution in [0.15, 0.2) is 18.2 Å². The van der Waals surface area contributed by atoms with E-state index in [0.717, 1.165) is 0 Å². The van der Waals surface area contributed by atoms with Gasteiger partial charge in [-0.05, 0) is 25.1 Å². The maximum Gasteiger partial charge on any atom is 0.121 e. The van der Waals surface area contributed by atoms with E-state index in [9.17, 15) is 10.2 Å². The van der Waals surface area contributed by atoms with Gasteiger partial charge in [0.1, 0.15) is 11.5 Å². The Morgan fingerprint density at radius 1 is 1.56 bits per heavy atom. The predicted molar refractivity (Wildman–Crippen MR) is 58.6 cm³/mol. The second kappa shape index (κ2) is 3.96. The first kappa shape index (κ1) is 11.2. The number of epoxide rings is 1. The second-order valence-corrected chi connectivity index (χ2v) is 4.38. The fraction of sp³-hybridized carbons (Fsp3) is 0.500. The summed E-state index contributed by atoms with van der Waals surface area (Å²) in [6, 6.07) is 4.82. The van der Waals surface area contributed by atoms with Gasteiger partial charge in [0.25, 0.3) is 0 Å². The zero-order chi connectivity index (χ0) is 11.8. The molecule has 1 heterocycles. The van der Waals surface area contributed by atoms with E-state index in [1.54, 1.807) is 19.2 Å². The van der Waals surface area contributed by atoms with E-state index in [-0.39, 0.29) is 11.4 Å². The summed E-state index contributed by atoms with van der Waals surface area (Å²) in [5.41, 5.74) is 0.241. The van der Waals surface area contributed by atoms with Crippen molar-refractivity contribution in [3.8, 4) is 11.5 Å². The summed E-state index contributed by atoms with van der Waals surface area (Å²) in [6.07, 6.45) is -0.254. The van der Waals surface area contributed by atoms with Crippen molar-refractivity contribution in [1.82, 2.24) is 0 Å². The van der Waals surface area contributed by atoms with Gasteiger partial charge >= 0.3 is 0 Å². The molecule has 2 unspecified atom stereocenters. The van der Waals surface area contributed by atoms with Crippen molar-refractivity contribution >= 4 is 0 Å². The Morgan fingerprint density at radius 2 is 2.25 bits per heavy atom. The summed E-state index contributed by atoms with van der Waals surface area (Å²) in [5, 5.41) is 19.7. The van der Waals surface area contributed by atoms with Crippen LogP contribution in [0.5, 0.6) is 11.5 Å². The molecule has 2 N–H and O–H groups in total. The Balaban J connectivity index is 2.17. The average Bonchev–Trinajstić information content (AvgIpc) is 2.96. The van der Waals surface area contributed by atoms with Crippen LogP contribution >= 0.6 is 0 Å². The Kier molecular flexibility index (Phi) is 2.78. The third kappa shape index (κ3) is 2.28. The van der Waals surface area contributed by atoms with Gasteiger partial charge < -0.3 is 19.7 Å². The smallest absolute Gasteiger partial charge is 0.121 e. The summed E-state index contributed by atoms with van der Waals surface area (Å²) in [7, 11) is 1.55. The van der Waals surface area contributed by atoms with Crippen LogP contribution < -0.4 is 4.74 Å². The molecule has 2 rings (SSSR count). The lowest BCUT2D eigenvalue weighted by Crippen LogP contribution is -2.11. The number of aliphatic hydroxyl groups excluding tert-OH is 1. The van der Waals surface area contributed by atoms with Gasteiger partial charge in [-0.25, -0.2) is 0 Å². The molecule has 1 saturated heterocycles. The molecule has 4 heteroatoms. The maximum atomic E-state index is 10.0. The van der Waals surface area contributed by atoms with Crippen molar-refractivity contribution in [2.24, 2.45) is 0 Å². The Morgan fingerprint density at radius 3 is 2.81 bits per heavy atom. The highest BCUT2D eigenvalue weighted by Crippen LogP contribution is 2.39. The molecule has 0 aliphatic carbocycles. The number of phenols is 1. The van der Waals surface area contributed by atoms with Gasteiger partial charge in [-0.3, -0.25) is 0 Å². The van der Waals surface area contributed by atoms with Gasteiger partial charge in [-0.1, -0.05) is 0 Å². The first-order chi connectivity index (χ1) is 7.54. The van der Waals surface area contributed by atoms with Crippen molar-refractivity contribution < 1.29 is 19.7 Å². The van der Waals surface area contributed by atoms with Crippen LogP contribution in [0.4, 0.5) is 0 Å². The molecule has 16 heavy (non-hydrogen) atoms. The molecule has 2 atom stereocenters. The monoisotopic (exact) mass is 224 g/mol. The molecule has 1 aliphatic heterocycles. The number of aromatic hydroxyl groups is 1. The van der Waals surface area contributed by atoms with E-state index in [2.05, 4.69) is 0 Å². The highest BCUT2D eigenvalue weighted by atomic mass is 16.6. The number of ether oxygens (including phenoxy) is 2. The van der Waals surface area contributed by atoms with Gasteiger partial charge in [-0.15, -0.1) is 0 Å². The second-order valence-electron chi connectivity index (χ2n) is 4.38. The molecular formula is C12H16O4. The van der Waals surface area contributed by atoms with Gasteiger partial charge in [0.05, 0.1) is 25.4 Å². The SMILES string of the molecule is COc1ccc(O)c(C(O)CC2(C)CO2)c1. The summed E-state index contributed by atoms with van der Waals surface area (Å²) < 4.78 is 10.3. The number of hydrogen-bond donors (Lipinski definition) is 2. The zero-order valence-electron chi connectivity index (χ0n) is 9.43. The van der Waals surface area contributed by atoms with Crippen molar-refractivity contribution in [2.75, 3.05) is 13.7 Å². The Bertz CT molecular complexity index is 385. The third-order valence-electron chi connectivity index (χ3n) is 2.86. The van der Waals surface area contributed by atoms with Crippen LogP contribution in [0.25, 0.3) is 0 Å². The number of benzene rings is 1. The van der Waals surface area contributed by atoms with Gasteiger partial charge in [0, 0.05) is 12.0 Å². The van der Waals surface area contributed by atoms with E-state index < -0.39 is 6.10 Å². The van der Waals surface area contributed by atoms with Crippen molar-refractivity contribution in [2.45, 2.75) is 25.0 Å². The third-order valence-corrected chi connectivity index (χ3v) is 2.86. The van der Waals surface area contributed by atoms with Gasteiger partial charge in [0.2, 0.25) is 0 Å². The van der Waals surface area contributed by atoms with E-state index in [4.69, 9.17) is 9.47 Å². The molecular weight excluding hydrogens is 208 g/mol. The van der Waals surface area contributed by atoms with Crippen LogP contribution in [0.2, 0.25) is 0 Å². The summed E-state index contributed by atoms with van der Waals surface area (Å²) in [5.74, 6) is 0.700. The predicted octanol–water partition coefficient (Wildman–Crippen LogP) is 1.61. The Labute approximate surface area is 94.4 Å². The van der Waals surface area contributed by atoms with E-state index in [1.807, 2.05) is 6.92 Å². The average molecular weight is 224 g/mol. The number of hydrogen-bond acceptors (Lipinski definition) is 4. The van der Waals surface area contributed by atoms with Gasteiger partial charge in [-0.2, -0.15) is 0 Å². The molecule has 0 amide bonds. The van der Waals surface area contributed by atoms with Crippen LogP contribution in [-0.4, -0.2) is 29.5 Å². The number of methoxy groups -OCH3 is 1. The molecule has 0 aromatic heterocycles. The minimum atomic E-state index is -0.734. The highest BCUT2D eigenvalue weighted by molar-refractivity contribution is 5.40. The largest absolute Gasteiger partial charge is 0.508 e. The normalized spacial score (nSPS) is 25.2. The minimum absolute atomic E-state index is 0.0811. The fourth-order valence-electron chi connectivity index (χ4n) is 1.69. The van der Waals surface area contributed by atoms with Crippen molar-refractivity contribution in [1.29, 1.82) is 0 Å². The lowest BCUT2D eigenvalue weighted by atomic mass is 9.98. The van der Waals surface area contributed by atoms with Crippen molar-refractivity contribution in [3.05, 3.63) is 23.8 Å². The van der Waals surface area contributed by atoms with E-state index in [1.165, 1.54) is 6.07 Å². The van der Waals surface area contributed by atoms with Crippen LogP contribution in [0, 0.1) is 0 Å². The maximum absolute atomic E-state index is 10.0. The highest BCUT2D eigenvalue weighted by Gasteiger charge is 2.41. The quantitative estimate of drug-likeness (QED) is 0.763. The fourth-order valence-corrected chi connectivity index (χ4v) is 1.69. The number of rotatable bonds is 4. The molecule has 0 bridgehead atoms. The first-order valence-corrected chi connectivity index (χ1v) is 5.23. The van der Waals surface area contributed by atoms with Crippen molar-refractivity contribution in [3.63, 3.8) is 0 Å². The molecule has 1 aromatic carbocycles. The molecule has 4 nitrogen and oxygen atoms in total. The topological polar surface area (TPSA) is 62.2 Å². The van der Waals surface area contributed by atoms with Crippen LogP contribution in [0.1, 0.15) is 25.0 Å². The molecule has 0 saturated carbocycles. The number of aliphatic hydroxyl groups is 1. The lowest BCUT2D eigenvalue weighted by Gasteiger charge is -2.15. The molecule has 1 aromatic rings. The molecule has 88 valence electrons. The summed E-state index contributed by atoms with van der Waals surface area (Å²) in [4.78, 5) is 0. The van der Waals surface area contributed by atoms with Crippen LogP contribution in [0.3, 0.4) is 0 Å². The zero-order valence-corrected chi connectivity index (χ0v) is 9.43.